The van der Waals surface area contributed by atoms with Gasteiger partial charge in [-0.3, -0.25) is 14.4 Å². The predicted octanol–water partition coefficient (Wildman–Crippen LogP) is 4.52. The maximum absolute atomic E-state index is 12.5. The van der Waals surface area contributed by atoms with Crippen LogP contribution in [0.5, 0.6) is 0 Å². The number of benzene rings is 3. The summed E-state index contributed by atoms with van der Waals surface area (Å²) in [5.41, 5.74) is 3.83. The SMILES string of the molecule is O=C(C=CC(=O)c1ccc2c(c1)C(=O)c1ccccc1-2)c1ccccc1. The van der Waals surface area contributed by atoms with Crippen molar-refractivity contribution in [3.63, 3.8) is 0 Å². The third kappa shape index (κ3) is 2.70. The zero-order valence-corrected chi connectivity index (χ0v) is 13.8. The summed E-state index contributed by atoms with van der Waals surface area (Å²) in [6.45, 7) is 0. The number of hydrogen-bond donors (Lipinski definition) is 0. The minimum absolute atomic E-state index is 0.0745. The smallest absolute Gasteiger partial charge is 0.194 e. The van der Waals surface area contributed by atoms with Gasteiger partial charge in [0.15, 0.2) is 17.3 Å². The third-order valence-electron chi connectivity index (χ3n) is 4.45. The van der Waals surface area contributed by atoms with E-state index in [1.54, 1.807) is 48.5 Å². The van der Waals surface area contributed by atoms with Gasteiger partial charge >= 0.3 is 0 Å². The van der Waals surface area contributed by atoms with E-state index in [1.165, 1.54) is 12.2 Å². The van der Waals surface area contributed by atoms with E-state index in [-0.39, 0.29) is 17.3 Å². The molecular weight excluding hydrogens is 324 g/mol. The number of carbonyl (C=O) groups is 3. The first-order valence-electron chi connectivity index (χ1n) is 8.25. The van der Waals surface area contributed by atoms with Crippen LogP contribution in [0.4, 0.5) is 0 Å². The Morgan fingerprint density at radius 3 is 1.88 bits per heavy atom. The maximum Gasteiger partial charge on any atom is 0.194 e. The fraction of sp³-hybridized carbons (Fsp3) is 0. The second-order valence-corrected chi connectivity index (χ2v) is 6.06. The Labute approximate surface area is 150 Å². The average molecular weight is 338 g/mol. The first-order valence-corrected chi connectivity index (χ1v) is 8.25. The molecule has 0 spiro atoms. The molecule has 3 aromatic carbocycles. The van der Waals surface area contributed by atoms with Gasteiger partial charge in [0.05, 0.1) is 0 Å². The summed E-state index contributed by atoms with van der Waals surface area (Å²) in [5.74, 6) is -0.612. The molecule has 0 unspecified atom stereocenters. The van der Waals surface area contributed by atoms with Gasteiger partial charge in [0.2, 0.25) is 0 Å². The van der Waals surface area contributed by atoms with Gasteiger partial charge in [-0.05, 0) is 29.3 Å². The summed E-state index contributed by atoms with van der Waals surface area (Å²) in [4.78, 5) is 37.0. The largest absolute Gasteiger partial charge is 0.289 e. The normalized spacial score (nSPS) is 12.1. The molecule has 26 heavy (non-hydrogen) atoms. The monoisotopic (exact) mass is 338 g/mol. The van der Waals surface area contributed by atoms with Crippen LogP contribution in [0.1, 0.15) is 36.6 Å². The van der Waals surface area contributed by atoms with E-state index in [0.717, 1.165) is 11.1 Å². The van der Waals surface area contributed by atoms with Crippen molar-refractivity contribution in [2.24, 2.45) is 0 Å². The molecule has 4 rings (SSSR count). The van der Waals surface area contributed by atoms with Crippen molar-refractivity contribution in [1.82, 2.24) is 0 Å². The highest BCUT2D eigenvalue weighted by Gasteiger charge is 2.26. The lowest BCUT2D eigenvalue weighted by atomic mass is 10.0. The highest BCUT2D eigenvalue weighted by Crippen LogP contribution is 2.36. The molecule has 0 saturated heterocycles. The molecule has 3 nitrogen and oxygen atoms in total. The lowest BCUT2D eigenvalue weighted by Crippen LogP contribution is -2.01. The lowest BCUT2D eigenvalue weighted by Gasteiger charge is -2.02. The van der Waals surface area contributed by atoms with Crippen molar-refractivity contribution >= 4 is 17.3 Å². The summed E-state index contributed by atoms with van der Waals surface area (Å²) < 4.78 is 0. The van der Waals surface area contributed by atoms with E-state index in [1.807, 2.05) is 24.3 Å². The highest BCUT2D eigenvalue weighted by molar-refractivity contribution is 6.23. The van der Waals surface area contributed by atoms with Crippen LogP contribution >= 0.6 is 0 Å². The van der Waals surface area contributed by atoms with Crippen LogP contribution in [0.2, 0.25) is 0 Å². The molecule has 3 heteroatoms. The maximum atomic E-state index is 12.5. The van der Waals surface area contributed by atoms with E-state index >= 15 is 0 Å². The van der Waals surface area contributed by atoms with E-state index in [2.05, 4.69) is 0 Å². The van der Waals surface area contributed by atoms with Crippen LogP contribution in [0.3, 0.4) is 0 Å². The second-order valence-electron chi connectivity index (χ2n) is 6.06. The van der Waals surface area contributed by atoms with Gasteiger partial charge in [-0.15, -0.1) is 0 Å². The molecular formula is C23H14O3. The van der Waals surface area contributed by atoms with Crippen LogP contribution in [0.25, 0.3) is 11.1 Å². The van der Waals surface area contributed by atoms with Gasteiger partial charge in [-0.2, -0.15) is 0 Å². The minimum Gasteiger partial charge on any atom is -0.289 e. The molecule has 1 aliphatic rings. The van der Waals surface area contributed by atoms with Crippen molar-refractivity contribution in [2.45, 2.75) is 0 Å². The number of ketones is 3. The van der Waals surface area contributed by atoms with E-state index in [4.69, 9.17) is 0 Å². The summed E-state index contributed by atoms with van der Waals surface area (Å²) in [6, 6.07) is 21.3. The molecule has 0 N–H and O–H groups in total. The minimum atomic E-state index is -0.305. The van der Waals surface area contributed by atoms with Crippen LogP contribution in [0.15, 0.2) is 84.9 Å². The van der Waals surface area contributed by atoms with E-state index in [0.29, 0.717) is 22.3 Å². The Bertz CT molecular complexity index is 1080. The number of rotatable bonds is 4. The quantitative estimate of drug-likeness (QED) is 0.406. The van der Waals surface area contributed by atoms with Crippen molar-refractivity contribution in [2.75, 3.05) is 0 Å². The Morgan fingerprint density at radius 1 is 0.577 bits per heavy atom. The van der Waals surface area contributed by atoms with Gasteiger partial charge in [0.25, 0.3) is 0 Å². The molecule has 3 aromatic rings. The van der Waals surface area contributed by atoms with Crippen molar-refractivity contribution in [3.05, 3.63) is 107 Å². The Morgan fingerprint density at radius 2 is 1.15 bits per heavy atom. The van der Waals surface area contributed by atoms with Crippen LogP contribution in [-0.4, -0.2) is 17.3 Å². The third-order valence-corrected chi connectivity index (χ3v) is 4.45. The van der Waals surface area contributed by atoms with Crippen molar-refractivity contribution in [3.8, 4) is 11.1 Å². The standard InChI is InChI=1S/C23H14O3/c24-21(15-6-2-1-3-7-15)12-13-22(25)16-10-11-18-17-8-4-5-9-19(17)23(26)20(18)14-16/h1-14H. The lowest BCUT2D eigenvalue weighted by molar-refractivity contribution is 0.102. The van der Waals surface area contributed by atoms with Crippen LogP contribution in [0, 0.1) is 0 Å². The predicted molar refractivity (Wildman–Crippen MR) is 99.6 cm³/mol. The Kier molecular flexibility index (Phi) is 3.90. The van der Waals surface area contributed by atoms with Crippen molar-refractivity contribution < 1.29 is 14.4 Å². The number of fused-ring (bicyclic) bond motifs is 3. The molecule has 0 aliphatic heterocycles. The number of carbonyl (C=O) groups excluding carboxylic acids is 3. The summed E-state index contributed by atoms with van der Waals surface area (Å²) in [6.07, 6.45) is 2.52. The van der Waals surface area contributed by atoms with Crippen molar-refractivity contribution in [1.29, 1.82) is 0 Å². The molecule has 0 heterocycles. The van der Waals surface area contributed by atoms with Crippen LogP contribution in [-0.2, 0) is 0 Å². The van der Waals surface area contributed by atoms with Gasteiger partial charge in [0, 0.05) is 22.3 Å². The van der Waals surface area contributed by atoms with Gasteiger partial charge < -0.3 is 0 Å². The van der Waals surface area contributed by atoms with Gasteiger partial charge in [-0.1, -0.05) is 66.7 Å². The highest BCUT2D eigenvalue weighted by atomic mass is 16.1. The molecule has 0 fully saturated rings. The molecule has 0 radical (unpaired) electrons. The first kappa shape index (κ1) is 15.9. The number of hydrogen-bond acceptors (Lipinski definition) is 3. The fourth-order valence-electron chi connectivity index (χ4n) is 3.13. The van der Waals surface area contributed by atoms with Crippen LogP contribution < -0.4 is 0 Å². The van der Waals surface area contributed by atoms with E-state index < -0.39 is 0 Å². The van der Waals surface area contributed by atoms with Gasteiger partial charge in [0.1, 0.15) is 0 Å². The first-order chi connectivity index (χ1) is 12.6. The molecule has 0 aromatic heterocycles. The Hall–Kier alpha value is -3.59. The zero-order chi connectivity index (χ0) is 18.1. The second kappa shape index (κ2) is 6.37. The molecule has 1 aliphatic carbocycles. The van der Waals surface area contributed by atoms with Gasteiger partial charge in [-0.25, -0.2) is 0 Å². The fourth-order valence-corrected chi connectivity index (χ4v) is 3.13. The number of allylic oxidation sites excluding steroid dienone is 2. The molecule has 0 bridgehead atoms. The summed E-state index contributed by atoms with van der Waals surface area (Å²) in [5, 5.41) is 0. The summed E-state index contributed by atoms with van der Waals surface area (Å²) in [7, 11) is 0. The van der Waals surface area contributed by atoms with E-state index in [9.17, 15) is 14.4 Å². The average Bonchev–Trinajstić information content (AvgIpc) is 2.99. The Balaban J connectivity index is 1.60. The molecule has 0 atom stereocenters. The molecule has 0 saturated carbocycles. The molecule has 0 amide bonds. The summed E-state index contributed by atoms with van der Waals surface area (Å²) >= 11 is 0. The topological polar surface area (TPSA) is 51.2 Å². The zero-order valence-electron chi connectivity index (χ0n) is 13.8. The molecule has 124 valence electrons.